The molecule has 2 nitrogen and oxygen atoms in total. The molecule has 2 rings (SSSR count). The molecule has 0 aliphatic carbocycles. The van der Waals surface area contributed by atoms with Crippen molar-refractivity contribution in [2.24, 2.45) is 0 Å². The summed E-state index contributed by atoms with van der Waals surface area (Å²) in [6, 6.07) is 5.75. The highest BCUT2D eigenvalue weighted by atomic mass is 79.9. The van der Waals surface area contributed by atoms with E-state index >= 15 is 0 Å². The lowest BCUT2D eigenvalue weighted by Crippen LogP contribution is -2.40. The van der Waals surface area contributed by atoms with Crippen LogP contribution in [0.2, 0.25) is 0 Å². The largest absolute Gasteiger partial charge is 0.335 e. The van der Waals surface area contributed by atoms with Gasteiger partial charge in [-0.15, -0.1) is 0 Å². The van der Waals surface area contributed by atoms with Crippen LogP contribution in [0.3, 0.4) is 0 Å². The van der Waals surface area contributed by atoms with E-state index in [1.165, 1.54) is 0 Å². The number of halogens is 1. The van der Waals surface area contributed by atoms with E-state index in [1.54, 1.807) is 4.90 Å². The molecule has 1 heterocycles. The van der Waals surface area contributed by atoms with Gasteiger partial charge in [-0.3, -0.25) is 4.79 Å². The minimum absolute atomic E-state index is 0.0670. The number of likely N-dealkylation sites (N-methyl/N-ethyl adjacent to an activating group) is 1. The quantitative estimate of drug-likeness (QED) is 0.707. The molecule has 1 unspecified atom stereocenters. The summed E-state index contributed by atoms with van der Waals surface area (Å²) in [5.74, 6) is 0.0670. The monoisotopic (exact) mass is 265 g/mol. The van der Waals surface area contributed by atoms with Crippen LogP contribution in [0.15, 0.2) is 29.3 Å². The lowest BCUT2D eigenvalue weighted by atomic mass is 9.90. The molecular formula is C12H12BrNO. The fourth-order valence-electron chi connectivity index (χ4n) is 1.79. The third-order valence-corrected chi connectivity index (χ3v) is 3.46. The third kappa shape index (κ3) is 1.51. The molecule has 0 spiro atoms. The highest BCUT2D eigenvalue weighted by molar-refractivity contribution is 9.10. The van der Waals surface area contributed by atoms with Crippen molar-refractivity contribution >= 4 is 27.4 Å². The van der Waals surface area contributed by atoms with Gasteiger partial charge in [0.25, 0.3) is 5.91 Å². The summed E-state index contributed by atoms with van der Waals surface area (Å²) in [6.45, 7) is 6.04. The van der Waals surface area contributed by atoms with Crippen LogP contribution in [0.25, 0.3) is 5.57 Å². The summed E-state index contributed by atoms with van der Waals surface area (Å²) in [4.78, 5) is 13.7. The van der Waals surface area contributed by atoms with Gasteiger partial charge in [0.2, 0.25) is 0 Å². The van der Waals surface area contributed by atoms with Gasteiger partial charge >= 0.3 is 0 Å². The van der Waals surface area contributed by atoms with Gasteiger partial charge in [0.1, 0.15) is 0 Å². The Morgan fingerprint density at radius 1 is 1.40 bits per heavy atom. The van der Waals surface area contributed by atoms with Crippen LogP contribution in [-0.2, 0) is 0 Å². The molecule has 1 aromatic carbocycles. The zero-order valence-electron chi connectivity index (χ0n) is 8.75. The maximum atomic E-state index is 12.0. The maximum Gasteiger partial charge on any atom is 0.254 e. The number of fused-ring (bicyclic) bond motifs is 1. The number of carbonyl (C=O) groups is 1. The lowest BCUT2D eigenvalue weighted by Gasteiger charge is -2.33. The molecule has 15 heavy (non-hydrogen) atoms. The summed E-state index contributed by atoms with van der Waals surface area (Å²) in [5, 5.41) is 0. The molecule has 1 atom stereocenters. The number of hydrogen-bond acceptors (Lipinski definition) is 1. The predicted molar refractivity (Wildman–Crippen MR) is 64.7 cm³/mol. The van der Waals surface area contributed by atoms with Crippen molar-refractivity contribution in [2.45, 2.75) is 13.0 Å². The first-order valence-electron chi connectivity index (χ1n) is 4.78. The third-order valence-electron chi connectivity index (χ3n) is 2.96. The summed E-state index contributed by atoms with van der Waals surface area (Å²) in [7, 11) is 1.81. The average molecular weight is 266 g/mol. The summed E-state index contributed by atoms with van der Waals surface area (Å²) < 4.78 is 0.979. The number of benzene rings is 1. The van der Waals surface area contributed by atoms with Crippen molar-refractivity contribution in [3.05, 3.63) is 40.4 Å². The number of amides is 1. The van der Waals surface area contributed by atoms with Gasteiger partial charge in [-0.1, -0.05) is 22.5 Å². The number of rotatable bonds is 0. The Bertz CT molecular complexity index is 453. The van der Waals surface area contributed by atoms with Crippen molar-refractivity contribution in [3.8, 4) is 0 Å². The van der Waals surface area contributed by atoms with Crippen LogP contribution in [-0.4, -0.2) is 23.9 Å². The molecule has 0 saturated heterocycles. The molecule has 3 heteroatoms. The fraction of sp³-hybridized carbons (Fsp3) is 0.250. The summed E-state index contributed by atoms with van der Waals surface area (Å²) in [5.41, 5.74) is 2.69. The van der Waals surface area contributed by atoms with Crippen LogP contribution in [0.4, 0.5) is 0 Å². The van der Waals surface area contributed by atoms with E-state index in [0.717, 1.165) is 21.2 Å². The highest BCUT2D eigenvalue weighted by Crippen LogP contribution is 2.32. The Kier molecular flexibility index (Phi) is 2.43. The standard InChI is InChI=1S/C12H12BrNO/c1-7-8(2)14(3)12(15)10-5-4-9(13)6-11(7)10/h4-6,8H,1H2,2-3H3. The molecular weight excluding hydrogens is 254 g/mol. The molecule has 1 aliphatic heterocycles. The Labute approximate surface area is 97.7 Å². The SMILES string of the molecule is C=C1c2cc(Br)ccc2C(=O)N(C)C1C. The number of hydrogen-bond donors (Lipinski definition) is 0. The van der Waals surface area contributed by atoms with Crippen molar-refractivity contribution in [3.63, 3.8) is 0 Å². The first kappa shape index (κ1) is 10.4. The molecule has 0 N–H and O–H groups in total. The van der Waals surface area contributed by atoms with Crippen molar-refractivity contribution < 1.29 is 4.79 Å². The molecule has 0 radical (unpaired) electrons. The predicted octanol–water partition coefficient (Wildman–Crippen LogP) is 2.94. The van der Waals surface area contributed by atoms with Crippen molar-refractivity contribution in [1.29, 1.82) is 0 Å². The smallest absolute Gasteiger partial charge is 0.254 e. The summed E-state index contributed by atoms with van der Waals surface area (Å²) in [6.07, 6.45) is 0. The van der Waals surface area contributed by atoms with Crippen LogP contribution in [0.5, 0.6) is 0 Å². The molecule has 1 aromatic rings. The highest BCUT2D eigenvalue weighted by Gasteiger charge is 2.29. The second-order valence-corrected chi connectivity index (χ2v) is 4.72. The first-order chi connectivity index (χ1) is 7.02. The lowest BCUT2D eigenvalue weighted by molar-refractivity contribution is 0.0764. The van der Waals surface area contributed by atoms with E-state index in [9.17, 15) is 4.79 Å². The van der Waals surface area contributed by atoms with Crippen molar-refractivity contribution in [1.82, 2.24) is 4.90 Å². The van der Waals surface area contributed by atoms with Gasteiger partial charge < -0.3 is 4.90 Å². The maximum absolute atomic E-state index is 12.0. The van der Waals surface area contributed by atoms with Crippen LogP contribution in [0.1, 0.15) is 22.8 Å². The molecule has 1 amide bonds. The summed E-state index contributed by atoms with van der Waals surface area (Å²) >= 11 is 3.41. The van der Waals surface area contributed by atoms with E-state index < -0.39 is 0 Å². The van der Waals surface area contributed by atoms with E-state index in [1.807, 2.05) is 32.2 Å². The topological polar surface area (TPSA) is 20.3 Å². The Balaban J connectivity index is 2.64. The van der Waals surface area contributed by atoms with E-state index in [4.69, 9.17) is 0 Å². The van der Waals surface area contributed by atoms with E-state index in [-0.39, 0.29) is 11.9 Å². The minimum atomic E-state index is 0.0670. The zero-order valence-corrected chi connectivity index (χ0v) is 10.3. The molecule has 78 valence electrons. The molecule has 0 saturated carbocycles. The zero-order chi connectivity index (χ0) is 11.2. The molecule has 0 bridgehead atoms. The molecule has 0 fully saturated rings. The van der Waals surface area contributed by atoms with Gasteiger partial charge in [-0.05, 0) is 36.3 Å². The van der Waals surface area contributed by atoms with Crippen LogP contribution in [0, 0.1) is 0 Å². The second kappa shape index (κ2) is 3.49. The second-order valence-electron chi connectivity index (χ2n) is 3.81. The minimum Gasteiger partial charge on any atom is -0.335 e. The van der Waals surface area contributed by atoms with Gasteiger partial charge in [0.15, 0.2) is 0 Å². The molecule has 1 aliphatic rings. The first-order valence-corrected chi connectivity index (χ1v) is 5.57. The molecule has 0 aromatic heterocycles. The van der Waals surface area contributed by atoms with Gasteiger partial charge in [-0.25, -0.2) is 0 Å². The Morgan fingerprint density at radius 2 is 2.07 bits per heavy atom. The average Bonchev–Trinajstić information content (AvgIpc) is 2.23. The van der Waals surface area contributed by atoms with Crippen LogP contribution < -0.4 is 0 Å². The van der Waals surface area contributed by atoms with Gasteiger partial charge in [0.05, 0.1) is 6.04 Å². The van der Waals surface area contributed by atoms with Gasteiger partial charge in [0, 0.05) is 17.1 Å². The Morgan fingerprint density at radius 3 is 2.73 bits per heavy atom. The number of carbonyl (C=O) groups excluding carboxylic acids is 1. The number of nitrogens with zero attached hydrogens (tertiary/aromatic N) is 1. The van der Waals surface area contributed by atoms with E-state index in [2.05, 4.69) is 22.5 Å². The van der Waals surface area contributed by atoms with E-state index in [0.29, 0.717) is 0 Å². The fourth-order valence-corrected chi connectivity index (χ4v) is 2.15. The normalized spacial score (nSPS) is 20.5. The van der Waals surface area contributed by atoms with Crippen LogP contribution >= 0.6 is 15.9 Å². The van der Waals surface area contributed by atoms with Crippen molar-refractivity contribution in [2.75, 3.05) is 7.05 Å². The van der Waals surface area contributed by atoms with Gasteiger partial charge in [-0.2, -0.15) is 0 Å². The Hall–Kier alpha value is -1.09.